The molecule has 4 fully saturated rings. The standard InChI is InChI=1S/C33H52O3/c1-20-12-15-29(5)18-19-31(7)24(28(29)21(20)2)10-11-25-30(6)16-14-27(36-23(4)35)33(9,22(3)34)26(30)13-17-32(25,31)8/h10,20-21,25-28H,11-19H2,1-9H3/t20-,21+,25?,26?,27-,28?,29-,30-,31-,32-,33-/m1/s1. The van der Waals surface area contributed by atoms with Gasteiger partial charge in [0.05, 0.1) is 5.41 Å². The number of fused-ring (bicyclic) bond motifs is 7. The second kappa shape index (κ2) is 8.19. The SMILES string of the molecule is CC(=O)O[C@@H]1CC[C@@]2(C)C(CC[C@]3(C)C2CC=C2C4[C@@H](C)[C@H](C)CC[C@]4(C)CC[C@]23C)[C@@]1(C)C(C)=O. The third-order valence-electron chi connectivity index (χ3n) is 14.1. The Kier molecular flexibility index (Phi) is 6.02. The van der Waals surface area contributed by atoms with E-state index in [0.29, 0.717) is 17.3 Å². The van der Waals surface area contributed by atoms with Crippen molar-refractivity contribution in [3.8, 4) is 0 Å². The molecule has 0 N–H and O–H groups in total. The van der Waals surface area contributed by atoms with E-state index in [-0.39, 0.29) is 40.0 Å². The Morgan fingerprint density at radius 3 is 2.19 bits per heavy atom. The van der Waals surface area contributed by atoms with Gasteiger partial charge >= 0.3 is 5.97 Å². The monoisotopic (exact) mass is 496 g/mol. The minimum absolute atomic E-state index is 0.0847. The summed E-state index contributed by atoms with van der Waals surface area (Å²) < 4.78 is 5.85. The van der Waals surface area contributed by atoms with E-state index >= 15 is 0 Å². The fraction of sp³-hybridized carbons (Fsp3) is 0.879. The summed E-state index contributed by atoms with van der Waals surface area (Å²) in [5.41, 5.74) is 2.23. The molecule has 0 heterocycles. The molecular weight excluding hydrogens is 444 g/mol. The molecule has 5 rings (SSSR count). The van der Waals surface area contributed by atoms with Gasteiger partial charge in [0.1, 0.15) is 11.9 Å². The predicted octanol–water partition coefficient (Wildman–Crippen LogP) is 8.16. The fourth-order valence-electron chi connectivity index (χ4n) is 11.4. The van der Waals surface area contributed by atoms with Crippen LogP contribution in [0.3, 0.4) is 0 Å². The van der Waals surface area contributed by atoms with Crippen molar-refractivity contribution in [1.82, 2.24) is 0 Å². The maximum absolute atomic E-state index is 13.3. The van der Waals surface area contributed by atoms with Gasteiger partial charge in [-0.3, -0.25) is 9.59 Å². The summed E-state index contributed by atoms with van der Waals surface area (Å²) in [7, 11) is 0. The molecule has 3 heteroatoms. The van der Waals surface area contributed by atoms with Crippen LogP contribution < -0.4 is 0 Å². The van der Waals surface area contributed by atoms with Crippen LogP contribution in [0, 0.1) is 56.7 Å². The van der Waals surface area contributed by atoms with Crippen molar-refractivity contribution in [3.05, 3.63) is 11.6 Å². The molecular formula is C33H52O3. The Bertz CT molecular complexity index is 981. The van der Waals surface area contributed by atoms with Gasteiger partial charge in [-0.05, 0) is 123 Å². The summed E-state index contributed by atoms with van der Waals surface area (Å²) >= 11 is 0. The lowest BCUT2D eigenvalue weighted by atomic mass is 9.33. The second-order valence-corrected chi connectivity index (χ2v) is 15.3. The van der Waals surface area contributed by atoms with E-state index in [9.17, 15) is 9.59 Å². The van der Waals surface area contributed by atoms with Crippen LogP contribution >= 0.6 is 0 Å². The molecule has 0 bridgehead atoms. The predicted molar refractivity (Wildman–Crippen MR) is 145 cm³/mol. The maximum atomic E-state index is 13.3. The molecule has 36 heavy (non-hydrogen) atoms. The maximum Gasteiger partial charge on any atom is 0.302 e. The van der Waals surface area contributed by atoms with Crippen LogP contribution in [0.25, 0.3) is 0 Å². The molecule has 0 aromatic carbocycles. The first-order valence-electron chi connectivity index (χ1n) is 15.0. The van der Waals surface area contributed by atoms with Gasteiger partial charge in [-0.2, -0.15) is 0 Å². The summed E-state index contributed by atoms with van der Waals surface area (Å²) in [4.78, 5) is 25.3. The van der Waals surface area contributed by atoms with Crippen molar-refractivity contribution >= 4 is 11.8 Å². The highest BCUT2D eigenvalue weighted by Gasteiger charge is 2.69. The average Bonchev–Trinajstić information content (AvgIpc) is 2.79. The number of carbonyl (C=O) groups is 2. The Morgan fingerprint density at radius 2 is 1.56 bits per heavy atom. The molecule has 0 aromatic rings. The van der Waals surface area contributed by atoms with Crippen molar-refractivity contribution in [1.29, 1.82) is 0 Å². The van der Waals surface area contributed by atoms with Gasteiger partial charge in [0.25, 0.3) is 0 Å². The molecule has 0 saturated heterocycles. The molecule has 11 atom stereocenters. The van der Waals surface area contributed by atoms with E-state index in [1.165, 1.54) is 39.0 Å². The number of ketones is 1. The molecule has 0 radical (unpaired) electrons. The van der Waals surface area contributed by atoms with Crippen molar-refractivity contribution < 1.29 is 14.3 Å². The largest absolute Gasteiger partial charge is 0.461 e. The second-order valence-electron chi connectivity index (χ2n) is 15.3. The molecule has 0 spiro atoms. The van der Waals surface area contributed by atoms with Crippen LogP contribution in [0.1, 0.15) is 120 Å². The van der Waals surface area contributed by atoms with Gasteiger partial charge < -0.3 is 4.74 Å². The summed E-state index contributed by atoms with van der Waals surface area (Å²) in [5.74, 6) is 3.04. The zero-order chi connectivity index (χ0) is 26.5. The van der Waals surface area contributed by atoms with Crippen LogP contribution in [0.5, 0.6) is 0 Å². The van der Waals surface area contributed by atoms with Gasteiger partial charge in [0, 0.05) is 6.92 Å². The lowest BCUT2D eigenvalue weighted by Gasteiger charge is -2.71. The lowest BCUT2D eigenvalue weighted by Crippen LogP contribution is -2.66. The summed E-state index contributed by atoms with van der Waals surface area (Å²) in [5, 5.41) is 0. The highest BCUT2D eigenvalue weighted by Crippen LogP contribution is 2.75. The molecule has 202 valence electrons. The third kappa shape index (κ3) is 3.22. The summed E-state index contributed by atoms with van der Waals surface area (Å²) in [6.45, 7) is 20.8. The van der Waals surface area contributed by atoms with Gasteiger partial charge in [-0.1, -0.05) is 53.2 Å². The number of Topliss-reactive ketones (excluding diaryl/α,β-unsaturated/α-hetero) is 1. The molecule has 3 unspecified atom stereocenters. The van der Waals surface area contributed by atoms with E-state index in [1.54, 1.807) is 12.5 Å². The number of hydrogen-bond acceptors (Lipinski definition) is 3. The van der Waals surface area contributed by atoms with E-state index in [1.807, 2.05) is 0 Å². The average molecular weight is 497 g/mol. The van der Waals surface area contributed by atoms with Crippen LogP contribution in [0.4, 0.5) is 0 Å². The quantitative estimate of drug-likeness (QED) is 0.286. The van der Waals surface area contributed by atoms with Crippen LogP contribution in [0.2, 0.25) is 0 Å². The normalized spacial score (nSPS) is 54.2. The van der Waals surface area contributed by atoms with Crippen LogP contribution in [-0.2, 0) is 14.3 Å². The van der Waals surface area contributed by atoms with Crippen LogP contribution in [0.15, 0.2) is 11.6 Å². The van der Waals surface area contributed by atoms with E-state index in [2.05, 4.69) is 54.5 Å². The first-order valence-corrected chi connectivity index (χ1v) is 15.0. The number of hydrogen-bond donors (Lipinski definition) is 0. The highest BCUT2D eigenvalue weighted by molar-refractivity contribution is 5.84. The zero-order valence-electron chi connectivity index (χ0n) is 24.6. The Balaban J connectivity index is 1.57. The van der Waals surface area contributed by atoms with Gasteiger partial charge in [0.2, 0.25) is 0 Å². The number of rotatable bonds is 2. The Morgan fingerprint density at radius 1 is 0.861 bits per heavy atom. The Labute approximate surface area is 220 Å². The number of allylic oxidation sites excluding steroid dienone is 2. The van der Waals surface area contributed by atoms with Crippen molar-refractivity contribution in [3.63, 3.8) is 0 Å². The number of ether oxygens (including phenoxy) is 1. The minimum Gasteiger partial charge on any atom is -0.461 e. The molecule has 0 amide bonds. The zero-order valence-corrected chi connectivity index (χ0v) is 24.6. The van der Waals surface area contributed by atoms with Crippen molar-refractivity contribution in [2.75, 3.05) is 0 Å². The van der Waals surface area contributed by atoms with Crippen molar-refractivity contribution in [2.45, 2.75) is 126 Å². The van der Waals surface area contributed by atoms with Gasteiger partial charge in [0.15, 0.2) is 0 Å². The first kappa shape index (κ1) is 26.5. The molecule has 0 aromatic heterocycles. The van der Waals surface area contributed by atoms with Gasteiger partial charge in [-0.15, -0.1) is 0 Å². The van der Waals surface area contributed by atoms with Crippen LogP contribution in [-0.4, -0.2) is 17.9 Å². The van der Waals surface area contributed by atoms with E-state index in [0.717, 1.165) is 37.5 Å². The van der Waals surface area contributed by atoms with E-state index < -0.39 is 5.41 Å². The topological polar surface area (TPSA) is 43.4 Å². The van der Waals surface area contributed by atoms with E-state index in [4.69, 9.17) is 4.74 Å². The minimum atomic E-state index is -0.594. The molecule has 3 nitrogen and oxygen atoms in total. The Hall–Kier alpha value is -1.12. The highest BCUT2D eigenvalue weighted by atomic mass is 16.5. The third-order valence-corrected chi connectivity index (χ3v) is 14.1. The molecule has 4 saturated carbocycles. The number of carbonyl (C=O) groups excluding carboxylic acids is 2. The summed E-state index contributed by atoms with van der Waals surface area (Å²) in [6.07, 6.45) is 13.1. The number of esters is 1. The molecule has 0 aliphatic heterocycles. The smallest absolute Gasteiger partial charge is 0.302 e. The lowest BCUT2D eigenvalue weighted by molar-refractivity contribution is -0.214. The first-order chi connectivity index (χ1) is 16.6. The summed E-state index contributed by atoms with van der Waals surface area (Å²) in [6, 6.07) is 0. The van der Waals surface area contributed by atoms with Gasteiger partial charge in [-0.25, -0.2) is 0 Å². The molecule has 5 aliphatic rings. The van der Waals surface area contributed by atoms with Crippen molar-refractivity contribution in [2.24, 2.45) is 56.7 Å². The fourth-order valence-corrected chi connectivity index (χ4v) is 11.4. The molecule has 5 aliphatic carbocycles.